The van der Waals surface area contributed by atoms with Crippen LogP contribution in [-0.2, 0) is 4.79 Å². The second-order valence-electron chi connectivity index (χ2n) is 11.2. The van der Waals surface area contributed by atoms with Crippen LogP contribution in [0.5, 0.6) is 0 Å². The highest BCUT2D eigenvalue weighted by Crippen LogP contribution is 2.39. The number of nitrogens with two attached hydrogens (primary N) is 1. The second kappa shape index (κ2) is 12.3. The number of hydrogen-bond acceptors (Lipinski definition) is 8. The van der Waals surface area contributed by atoms with Gasteiger partial charge in [0.1, 0.15) is 11.1 Å². The molecule has 1 amide bonds. The van der Waals surface area contributed by atoms with E-state index in [2.05, 4.69) is 32.4 Å². The third-order valence-corrected chi connectivity index (χ3v) is 6.65. The van der Waals surface area contributed by atoms with Gasteiger partial charge in [-0.25, -0.2) is 9.97 Å². The lowest BCUT2D eigenvalue weighted by Gasteiger charge is -2.25. The van der Waals surface area contributed by atoms with Gasteiger partial charge >= 0.3 is 0 Å². The molecule has 2 heterocycles. The Bertz CT molecular complexity index is 1170. The summed E-state index contributed by atoms with van der Waals surface area (Å²) in [6, 6.07) is 4.01. The van der Waals surface area contributed by atoms with Crippen LogP contribution in [0.3, 0.4) is 0 Å². The quantitative estimate of drug-likeness (QED) is 0.452. The number of Topliss-reactive ketones (excluding diaryl/α,β-unsaturated/α-hetero) is 1. The summed E-state index contributed by atoms with van der Waals surface area (Å²) in [5.41, 5.74) is 5.95. The van der Waals surface area contributed by atoms with Crippen LogP contribution < -0.4 is 11.1 Å². The number of hydrogen-bond donors (Lipinski definition) is 4. The van der Waals surface area contributed by atoms with Gasteiger partial charge in [-0.1, -0.05) is 0 Å². The molecule has 10 nitrogen and oxygen atoms in total. The standard InChI is InChI=1S/C16H19N5O.C6H12N2.C5H10O2/c1-9(16(2,3)8-17)20-15(22)11-6-18-14-13(11)21-12(7-19-14)10-4-5-10;1-5(8)6(2,3)4-7;1-4(6)5(2,3)7/h6-7,9-10H,4-5H2,1-3H3,(H,18,19)(H,20,22);5H,8H2,1-3H3;7H,1-3H3. The van der Waals surface area contributed by atoms with Gasteiger partial charge in [-0.2, -0.15) is 10.5 Å². The maximum Gasteiger partial charge on any atom is 0.255 e. The van der Waals surface area contributed by atoms with Crippen molar-refractivity contribution in [2.24, 2.45) is 16.6 Å². The first-order valence-electron chi connectivity index (χ1n) is 12.3. The van der Waals surface area contributed by atoms with E-state index in [1.807, 2.05) is 27.7 Å². The number of H-pyrrole nitrogens is 1. The predicted octanol–water partition coefficient (Wildman–Crippen LogP) is 3.73. The summed E-state index contributed by atoms with van der Waals surface area (Å²) in [7, 11) is 0. The van der Waals surface area contributed by atoms with Crippen molar-refractivity contribution in [2.75, 3.05) is 0 Å². The molecule has 10 heteroatoms. The first-order chi connectivity index (χ1) is 16.9. The Morgan fingerprint density at radius 2 is 1.65 bits per heavy atom. The summed E-state index contributed by atoms with van der Waals surface area (Å²) in [6.45, 7) is 15.2. The van der Waals surface area contributed by atoms with E-state index >= 15 is 0 Å². The van der Waals surface area contributed by atoms with Crippen LogP contribution in [0.25, 0.3) is 11.2 Å². The first kappa shape index (κ1) is 31.7. The van der Waals surface area contributed by atoms with Gasteiger partial charge in [0.05, 0.1) is 40.4 Å². The third-order valence-electron chi connectivity index (χ3n) is 6.65. The van der Waals surface area contributed by atoms with Gasteiger partial charge in [0, 0.05) is 24.2 Å². The van der Waals surface area contributed by atoms with Crippen LogP contribution in [0.15, 0.2) is 12.4 Å². The van der Waals surface area contributed by atoms with Crippen LogP contribution in [0, 0.1) is 33.5 Å². The third kappa shape index (κ3) is 9.23. The number of ketones is 1. The molecule has 0 saturated heterocycles. The zero-order valence-corrected chi connectivity index (χ0v) is 23.4. The van der Waals surface area contributed by atoms with E-state index in [1.165, 1.54) is 20.8 Å². The van der Waals surface area contributed by atoms with Crippen molar-refractivity contribution >= 4 is 22.9 Å². The Hall–Kier alpha value is -3.34. The lowest BCUT2D eigenvalue weighted by atomic mass is 9.87. The average Bonchev–Trinajstić information content (AvgIpc) is 3.57. The number of fused-ring (bicyclic) bond motifs is 1. The summed E-state index contributed by atoms with van der Waals surface area (Å²) < 4.78 is 0. The molecule has 3 rings (SSSR count). The SMILES string of the molecule is CC(=O)C(C)(C)O.CC(N)C(C)(C)C#N.CC(NC(=O)c1c[nH]c2ncc(C3CC3)nc12)C(C)(C)C#N. The molecule has 0 bridgehead atoms. The molecule has 1 aliphatic rings. The van der Waals surface area contributed by atoms with E-state index in [0.29, 0.717) is 22.6 Å². The normalized spacial score (nSPS) is 15.1. The number of nitriles is 2. The Labute approximate surface area is 219 Å². The Kier molecular flexibility index (Phi) is 10.5. The summed E-state index contributed by atoms with van der Waals surface area (Å²) in [6.07, 6.45) is 5.68. The molecule has 2 unspecified atom stereocenters. The minimum Gasteiger partial charge on any atom is -0.383 e. The van der Waals surface area contributed by atoms with E-state index < -0.39 is 11.0 Å². The fourth-order valence-electron chi connectivity index (χ4n) is 2.31. The van der Waals surface area contributed by atoms with Crippen molar-refractivity contribution in [3.63, 3.8) is 0 Å². The van der Waals surface area contributed by atoms with Crippen LogP contribution in [0.4, 0.5) is 0 Å². The zero-order valence-electron chi connectivity index (χ0n) is 23.4. The highest BCUT2D eigenvalue weighted by molar-refractivity contribution is 6.04. The number of amides is 1. The minimum atomic E-state index is -1.14. The van der Waals surface area contributed by atoms with Gasteiger partial charge in [0.2, 0.25) is 0 Å². The fraction of sp³-hybridized carbons (Fsp3) is 0.630. The predicted molar refractivity (Wildman–Crippen MR) is 142 cm³/mol. The molecule has 0 aliphatic heterocycles. The van der Waals surface area contributed by atoms with E-state index in [4.69, 9.17) is 21.4 Å². The number of nitrogens with zero attached hydrogens (tertiary/aromatic N) is 4. The lowest BCUT2D eigenvalue weighted by molar-refractivity contribution is -0.131. The Balaban J connectivity index is 0.000000378. The van der Waals surface area contributed by atoms with Crippen LogP contribution in [0.2, 0.25) is 0 Å². The van der Waals surface area contributed by atoms with Gasteiger partial charge in [-0.15, -0.1) is 0 Å². The molecule has 2 aromatic rings. The molecule has 0 radical (unpaired) electrons. The molecule has 1 saturated carbocycles. The van der Waals surface area contributed by atoms with Gasteiger partial charge in [0.15, 0.2) is 11.4 Å². The molecule has 1 aliphatic carbocycles. The van der Waals surface area contributed by atoms with E-state index in [9.17, 15) is 9.59 Å². The smallest absolute Gasteiger partial charge is 0.255 e. The maximum atomic E-state index is 12.5. The second-order valence-corrected chi connectivity index (χ2v) is 11.2. The highest BCUT2D eigenvalue weighted by Gasteiger charge is 2.29. The van der Waals surface area contributed by atoms with Gasteiger partial charge in [-0.05, 0) is 75.2 Å². The van der Waals surface area contributed by atoms with Crippen LogP contribution >= 0.6 is 0 Å². The van der Waals surface area contributed by atoms with Crippen molar-refractivity contribution in [1.29, 1.82) is 10.5 Å². The number of aromatic nitrogens is 3. The van der Waals surface area contributed by atoms with Crippen LogP contribution in [-0.4, -0.2) is 49.4 Å². The number of aliphatic hydroxyl groups is 1. The van der Waals surface area contributed by atoms with Crippen LogP contribution in [0.1, 0.15) is 97.1 Å². The van der Waals surface area contributed by atoms with E-state index in [1.54, 1.807) is 26.2 Å². The highest BCUT2D eigenvalue weighted by atomic mass is 16.3. The van der Waals surface area contributed by atoms with Crippen molar-refractivity contribution in [3.05, 3.63) is 23.7 Å². The molecular formula is C27H41N7O3. The summed E-state index contributed by atoms with van der Waals surface area (Å²) in [4.78, 5) is 34.6. The maximum absolute atomic E-state index is 12.5. The summed E-state index contributed by atoms with van der Waals surface area (Å²) >= 11 is 0. The number of nitrogens with one attached hydrogen (secondary N) is 2. The Morgan fingerprint density at radius 3 is 2.03 bits per heavy atom. The minimum absolute atomic E-state index is 0.0486. The average molecular weight is 512 g/mol. The number of aromatic amines is 1. The van der Waals surface area contributed by atoms with Crippen molar-refractivity contribution in [2.45, 2.75) is 98.8 Å². The molecule has 202 valence electrons. The van der Waals surface area contributed by atoms with Crippen molar-refractivity contribution in [3.8, 4) is 12.1 Å². The molecule has 37 heavy (non-hydrogen) atoms. The molecule has 2 atom stereocenters. The summed E-state index contributed by atoms with van der Waals surface area (Å²) in [5, 5.41) is 29.2. The first-order valence-corrected chi connectivity index (χ1v) is 12.3. The van der Waals surface area contributed by atoms with Gasteiger partial charge in [0.25, 0.3) is 5.91 Å². The number of carbonyl (C=O) groups excluding carboxylic acids is 2. The molecule has 0 aromatic carbocycles. The topological polar surface area (TPSA) is 182 Å². The molecular weight excluding hydrogens is 470 g/mol. The van der Waals surface area contributed by atoms with E-state index in [-0.39, 0.29) is 29.2 Å². The number of carbonyl (C=O) groups is 2. The largest absolute Gasteiger partial charge is 0.383 e. The zero-order chi connectivity index (χ0) is 28.8. The monoisotopic (exact) mass is 511 g/mol. The Morgan fingerprint density at radius 1 is 1.14 bits per heavy atom. The molecule has 1 fully saturated rings. The summed E-state index contributed by atoms with van der Waals surface area (Å²) in [5.74, 6) is 0.0518. The van der Waals surface area contributed by atoms with Crippen molar-refractivity contribution < 1.29 is 14.7 Å². The van der Waals surface area contributed by atoms with Gasteiger partial charge < -0.3 is 21.1 Å². The fourth-order valence-corrected chi connectivity index (χ4v) is 2.31. The van der Waals surface area contributed by atoms with Gasteiger partial charge in [-0.3, -0.25) is 9.59 Å². The lowest BCUT2D eigenvalue weighted by Crippen LogP contribution is -2.42. The van der Waals surface area contributed by atoms with E-state index in [0.717, 1.165) is 18.5 Å². The molecule has 2 aromatic heterocycles. The van der Waals surface area contributed by atoms with Crippen molar-refractivity contribution in [1.82, 2.24) is 20.3 Å². The molecule has 0 spiro atoms. The number of rotatable bonds is 6. The molecule has 5 N–H and O–H groups in total.